The molecule has 0 aliphatic carbocycles. The third-order valence-corrected chi connectivity index (χ3v) is 5.24. The molecule has 2 N–H and O–H groups in total. The third-order valence-electron chi connectivity index (χ3n) is 4.75. The number of hydrazine groups is 1. The van der Waals surface area contributed by atoms with E-state index in [1.165, 1.54) is 0 Å². The first-order chi connectivity index (χ1) is 14.5. The molecule has 7 nitrogen and oxygen atoms in total. The van der Waals surface area contributed by atoms with Crippen LogP contribution in [0.5, 0.6) is 5.75 Å². The molecule has 30 heavy (non-hydrogen) atoms. The molecule has 0 spiro atoms. The van der Waals surface area contributed by atoms with E-state index in [0.717, 1.165) is 16.5 Å². The largest absolute Gasteiger partial charge is 0.493 e. The fourth-order valence-corrected chi connectivity index (χ4v) is 3.57. The molecule has 1 aliphatic heterocycles. The van der Waals surface area contributed by atoms with Crippen LogP contribution in [0.4, 0.5) is 0 Å². The summed E-state index contributed by atoms with van der Waals surface area (Å²) in [5.74, 6) is -1.02. The number of likely N-dealkylation sites (tertiary alicyclic amines) is 1. The normalized spacial score (nSPS) is 15.7. The number of benzene rings is 2. The Morgan fingerprint density at radius 1 is 1.17 bits per heavy atom. The van der Waals surface area contributed by atoms with Gasteiger partial charge in [-0.2, -0.15) is 0 Å². The molecular formula is C22H24BrN3O4. The Morgan fingerprint density at radius 2 is 1.93 bits per heavy atom. The van der Waals surface area contributed by atoms with E-state index in [1.807, 2.05) is 37.3 Å². The van der Waals surface area contributed by atoms with Crippen LogP contribution >= 0.6 is 15.9 Å². The lowest BCUT2D eigenvalue weighted by Crippen LogP contribution is -2.45. The fourth-order valence-electron chi connectivity index (χ4n) is 3.21. The first-order valence-electron chi connectivity index (χ1n) is 9.82. The number of ether oxygens (including phenoxy) is 1. The van der Waals surface area contributed by atoms with Gasteiger partial charge in [0, 0.05) is 24.0 Å². The van der Waals surface area contributed by atoms with Gasteiger partial charge in [0.2, 0.25) is 11.8 Å². The van der Waals surface area contributed by atoms with E-state index < -0.39 is 17.7 Å². The van der Waals surface area contributed by atoms with Crippen molar-refractivity contribution in [1.82, 2.24) is 15.8 Å². The maximum atomic E-state index is 12.6. The van der Waals surface area contributed by atoms with E-state index in [2.05, 4.69) is 26.8 Å². The van der Waals surface area contributed by atoms with Gasteiger partial charge in [-0.05, 0) is 30.2 Å². The Hall–Kier alpha value is -2.87. The number of amides is 3. The number of carbonyl (C=O) groups is 3. The maximum Gasteiger partial charge on any atom is 0.273 e. The van der Waals surface area contributed by atoms with Gasteiger partial charge in [-0.25, -0.2) is 0 Å². The lowest BCUT2D eigenvalue weighted by atomic mass is 10.1. The van der Waals surface area contributed by atoms with Gasteiger partial charge in [0.1, 0.15) is 5.75 Å². The number of hydrogen-bond acceptors (Lipinski definition) is 4. The monoisotopic (exact) mass is 473 g/mol. The zero-order chi connectivity index (χ0) is 21.5. The van der Waals surface area contributed by atoms with Crippen LogP contribution in [0.3, 0.4) is 0 Å². The van der Waals surface area contributed by atoms with Crippen LogP contribution < -0.4 is 15.6 Å². The highest BCUT2D eigenvalue weighted by Crippen LogP contribution is 2.24. The van der Waals surface area contributed by atoms with Crippen molar-refractivity contribution in [3.63, 3.8) is 0 Å². The van der Waals surface area contributed by atoms with Crippen molar-refractivity contribution in [2.24, 2.45) is 5.92 Å². The summed E-state index contributed by atoms with van der Waals surface area (Å²) >= 11 is 3.34. The summed E-state index contributed by atoms with van der Waals surface area (Å²) in [7, 11) is 0. The van der Waals surface area contributed by atoms with Crippen LogP contribution in [-0.4, -0.2) is 35.8 Å². The van der Waals surface area contributed by atoms with Gasteiger partial charge < -0.3 is 9.64 Å². The molecule has 2 aromatic rings. The smallest absolute Gasteiger partial charge is 0.273 e. The molecule has 1 saturated heterocycles. The van der Waals surface area contributed by atoms with Crippen molar-refractivity contribution in [2.45, 2.75) is 26.3 Å². The number of nitrogens with zero attached hydrogens (tertiary/aromatic N) is 1. The molecule has 1 atom stereocenters. The molecule has 3 rings (SSSR count). The third kappa shape index (κ3) is 5.60. The second-order valence-electron chi connectivity index (χ2n) is 7.09. The van der Waals surface area contributed by atoms with E-state index in [0.29, 0.717) is 31.0 Å². The zero-order valence-corrected chi connectivity index (χ0v) is 18.3. The van der Waals surface area contributed by atoms with Crippen molar-refractivity contribution in [1.29, 1.82) is 0 Å². The van der Waals surface area contributed by atoms with Crippen molar-refractivity contribution in [3.05, 3.63) is 64.1 Å². The Bertz CT molecular complexity index is 920. The Kier molecular flexibility index (Phi) is 7.46. The zero-order valence-electron chi connectivity index (χ0n) is 16.7. The van der Waals surface area contributed by atoms with Crippen molar-refractivity contribution in [3.8, 4) is 5.75 Å². The summed E-state index contributed by atoms with van der Waals surface area (Å²) in [5.41, 5.74) is 6.19. The molecule has 0 radical (unpaired) electrons. The van der Waals surface area contributed by atoms with Gasteiger partial charge in [-0.15, -0.1) is 0 Å². The second-order valence-corrected chi connectivity index (χ2v) is 8.01. The van der Waals surface area contributed by atoms with Gasteiger partial charge in [-0.3, -0.25) is 25.2 Å². The molecule has 158 valence electrons. The highest BCUT2D eigenvalue weighted by molar-refractivity contribution is 9.10. The molecular weight excluding hydrogens is 450 g/mol. The summed E-state index contributed by atoms with van der Waals surface area (Å²) in [6.07, 6.45) is 0.930. The van der Waals surface area contributed by atoms with E-state index >= 15 is 0 Å². The highest BCUT2D eigenvalue weighted by Gasteiger charge is 2.34. The molecule has 0 aromatic heterocycles. The average molecular weight is 474 g/mol. The minimum Gasteiger partial charge on any atom is -0.493 e. The number of nitrogens with one attached hydrogen (secondary N) is 2. The molecule has 2 aromatic carbocycles. The number of carbonyl (C=O) groups excluding carboxylic acids is 3. The van der Waals surface area contributed by atoms with Gasteiger partial charge in [-0.1, -0.05) is 53.2 Å². The lowest BCUT2D eigenvalue weighted by molar-refractivity contribution is -0.129. The van der Waals surface area contributed by atoms with E-state index in [-0.39, 0.29) is 12.3 Å². The van der Waals surface area contributed by atoms with E-state index in [1.54, 1.807) is 23.1 Å². The number of rotatable bonds is 7. The number of hydrogen-bond donors (Lipinski definition) is 2. The quantitative estimate of drug-likeness (QED) is 0.604. The molecule has 8 heteroatoms. The molecule has 1 fully saturated rings. The Morgan fingerprint density at radius 3 is 2.67 bits per heavy atom. The topological polar surface area (TPSA) is 87.7 Å². The maximum absolute atomic E-state index is 12.6. The predicted octanol–water partition coefficient (Wildman–Crippen LogP) is 3.05. The van der Waals surface area contributed by atoms with Crippen LogP contribution in [0, 0.1) is 5.92 Å². The standard InChI is InChI=1S/C22H24BrN3O4/c1-2-10-30-19-9-8-17(23)12-18(19)22(29)25-24-21(28)16-11-20(27)26(14-16)13-15-6-4-3-5-7-15/h3-9,12,16H,2,10-11,13-14H2,1H3,(H,24,28)(H,25,29). The average Bonchev–Trinajstić information content (AvgIpc) is 3.12. The summed E-state index contributed by atoms with van der Waals surface area (Å²) < 4.78 is 6.33. The molecule has 3 amide bonds. The number of halogens is 1. The van der Waals surface area contributed by atoms with Gasteiger partial charge in [0.15, 0.2) is 0 Å². The van der Waals surface area contributed by atoms with Crippen LogP contribution in [0.1, 0.15) is 35.7 Å². The van der Waals surface area contributed by atoms with Crippen molar-refractivity contribution >= 4 is 33.7 Å². The summed E-state index contributed by atoms with van der Waals surface area (Å²) in [4.78, 5) is 39.0. The molecule has 1 unspecified atom stereocenters. The first kappa shape index (κ1) is 21.8. The molecule has 1 aliphatic rings. The van der Waals surface area contributed by atoms with E-state index in [9.17, 15) is 14.4 Å². The molecule has 0 bridgehead atoms. The van der Waals surface area contributed by atoms with Gasteiger partial charge in [0.25, 0.3) is 5.91 Å². The minimum absolute atomic E-state index is 0.0763. The summed E-state index contributed by atoms with van der Waals surface area (Å²) in [6, 6.07) is 14.7. The van der Waals surface area contributed by atoms with Crippen molar-refractivity contribution < 1.29 is 19.1 Å². The highest BCUT2D eigenvalue weighted by atomic mass is 79.9. The van der Waals surface area contributed by atoms with Crippen molar-refractivity contribution in [2.75, 3.05) is 13.2 Å². The predicted molar refractivity (Wildman–Crippen MR) is 116 cm³/mol. The van der Waals surface area contributed by atoms with Gasteiger partial charge >= 0.3 is 0 Å². The fraction of sp³-hybridized carbons (Fsp3) is 0.318. The Labute approximate surface area is 183 Å². The van der Waals surface area contributed by atoms with Gasteiger partial charge in [0.05, 0.1) is 18.1 Å². The Balaban J connectivity index is 1.56. The van der Waals surface area contributed by atoms with E-state index in [4.69, 9.17) is 4.74 Å². The van der Waals surface area contributed by atoms with Crippen LogP contribution in [-0.2, 0) is 16.1 Å². The van der Waals surface area contributed by atoms with Crippen LogP contribution in [0.25, 0.3) is 0 Å². The minimum atomic E-state index is -0.514. The second kappa shape index (κ2) is 10.2. The SMILES string of the molecule is CCCOc1ccc(Br)cc1C(=O)NNC(=O)C1CC(=O)N(Cc2ccccc2)C1. The summed E-state index contributed by atoms with van der Waals surface area (Å²) in [6.45, 7) is 3.24. The van der Waals surface area contributed by atoms with Crippen LogP contribution in [0.2, 0.25) is 0 Å². The molecule has 1 heterocycles. The summed E-state index contributed by atoms with van der Waals surface area (Å²) in [5, 5.41) is 0. The first-order valence-corrected chi connectivity index (χ1v) is 10.6. The van der Waals surface area contributed by atoms with Crippen LogP contribution in [0.15, 0.2) is 53.0 Å². The lowest BCUT2D eigenvalue weighted by Gasteiger charge is -2.17. The molecule has 0 saturated carbocycles.